The largest absolute Gasteiger partial charge is 0.493 e. The van der Waals surface area contributed by atoms with Crippen molar-refractivity contribution in [3.63, 3.8) is 0 Å². The molecule has 1 unspecified atom stereocenters. The van der Waals surface area contributed by atoms with Crippen LogP contribution >= 0.6 is 0 Å². The van der Waals surface area contributed by atoms with Gasteiger partial charge in [-0.2, -0.15) is 13.2 Å². The fourth-order valence-electron chi connectivity index (χ4n) is 4.62. The van der Waals surface area contributed by atoms with Crippen LogP contribution in [0.5, 0.6) is 5.75 Å². The lowest BCUT2D eigenvalue weighted by Gasteiger charge is -2.15. The molecule has 0 radical (unpaired) electrons. The van der Waals surface area contributed by atoms with Gasteiger partial charge in [0.25, 0.3) is 0 Å². The number of fused-ring (bicyclic) bond motifs is 2. The first-order valence-electron chi connectivity index (χ1n) is 11.4. The van der Waals surface area contributed by atoms with Gasteiger partial charge >= 0.3 is 6.18 Å². The summed E-state index contributed by atoms with van der Waals surface area (Å²) in [6, 6.07) is 9.09. The molecule has 0 saturated heterocycles. The fraction of sp³-hybridized carbons (Fsp3) is 0.385. The van der Waals surface area contributed by atoms with E-state index in [-0.39, 0.29) is 30.8 Å². The molecule has 180 valence electrons. The van der Waals surface area contributed by atoms with Gasteiger partial charge in [-0.05, 0) is 79.5 Å². The summed E-state index contributed by atoms with van der Waals surface area (Å²) < 4.78 is 44.8. The Morgan fingerprint density at radius 3 is 2.74 bits per heavy atom. The molecule has 0 aromatic heterocycles. The molecule has 2 aliphatic rings. The zero-order valence-electron chi connectivity index (χ0n) is 18.7. The lowest BCUT2D eigenvalue weighted by atomic mass is 9.92. The normalized spacial score (nSPS) is 19.3. The number of nitrogens with one attached hydrogen (secondary N) is 2. The molecule has 34 heavy (non-hydrogen) atoms. The molecule has 1 aliphatic carbocycles. The van der Waals surface area contributed by atoms with Crippen LogP contribution in [0.4, 0.5) is 18.9 Å². The number of carbonyl (C=O) groups excluding carboxylic acids is 1. The van der Waals surface area contributed by atoms with E-state index in [2.05, 4.69) is 5.32 Å². The van der Waals surface area contributed by atoms with Crippen LogP contribution in [0.2, 0.25) is 0 Å². The summed E-state index contributed by atoms with van der Waals surface area (Å²) in [5.74, 6) is -0.242. The third-order valence-electron chi connectivity index (χ3n) is 6.41. The van der Waals surface area contributed by atoms with Crippen LogP contribution in [0.3, 0.4) is 0 Å². The summed E-state index contributed by atoms with van der Waals surface area (Å²) in [4.78, 5) is 12.8. The first-order valence-corrected chi connectivity index (χ1v) is 11.4. The molecule has 8 heteroatoms. The predicted molar refractivity (Wildman–Crippen MR) is 124 cm³/mol. The van der Waals surface area contributed by atoms with Crippen molar-refractivity contribution >= 4 is 22.9 Å². The predicted octanol–water partition coefficient (Wildman–Crippen LogP) is 5.41. The summed E-state index contributed by atoms with van der Waals surface area (Å²) in [5, 5.41) is 20.2. The van der Waals surface area contributed by atoms with Crippen LogP contribution in [-0.4, -0.2) is 29.9 Å². The smallest absolute Gasteiger partial charge is 0.416 e. The molecule has 4 rings (SSSR count). The molecule has 1 amide bonds. The quantitative estimate of drug-likeness (QED) is 0.316. The van der Waals surface area contributed by atoms with E-state index in [9.17, 15) is 23.1 Å². The number of allylic oxidation sites excluding steroid dienone is 1. The highest BCUT2D eigenvalue weighted by Crippen LogP contribution is 2.38. The number of benzene rings is 2. The van der Waals surface area contributed by atoms with Crippen molar-refractivity contribution in [2.75, 3.05) is 18.5 Å². The minimum absolute atomic E-state index is 0.0107. The monoisotopic (exact) mass is 472 g/mol. The van der Waals surface area contributed by atoms with Gasteiger partial charge in [-0.1, -0.05) is 12.1 Å². The second kappa shape index (κ2) is 10.0. The zero-order valence-corrected chi connectivity index (χ0v) is 18.7. The molecule has 1 aliphatic heterocycles. The average molecular weight is 473 g/mol. The van der Waals surface area contributed by atoms with Crippen LogP contribution in [0.1, 0.15) is 47.9 Å². The van der Waals surface area contributed by atoms with Gasteiger partial charge in [-0.3, -0.25) is 4.79 Å². The fourth-order valence-corrected chi connectivity index (χ4v) is 4.62. The Hall–Kier alpha value is -3.13. The number of hydrogen-bond acceptors (Lipinski definition) is 4. The van der Waals surface area contributed by atoms with Gasteiger partial charge in [0.15, 0.2) is 0 Å². The molecule has 0 saturated carbocycles. The maximum absolute atomic E-state index is 13.1. The van der Waals surface area contributed by atoms with E-state index in [0.717, 1.165) is 37.0 Å². The van der Waals surface area contributed by atoms with Gasteiger partial charge in [-0.25, -0.2) is 0 Å². The average Bonchev–Trinajstić information content (AvgIpc) is 3.13. The number of aryl methyl sites for hydroxylation is 1. The van der Waals surface area contributed by atoms with Crippen molar-refractivity contribution in [1.29, 1.82) is 5.41 Å². The first kappa shape index (κ1) is 24.0. The van der Waals surface area contributed by atoms with E-state index in [0.29, 0.717) is 41.8 Å². The number of aliphatic hydroxyl groups excluding tert-OH is 1. The van der Waals surface area contributed by atoms with E-state index in [1.54, 1.807) is 0 Å². The van der Waals surface area contributed by atoms with E-state index in [1.807, 2.05) is 18.2 Å². The minimum atomic E-state index is -4.47. The van der Waals surface area contributed by atoms with Crippen molar-refractivity contribution in [1.82, 2.24) is 0 Å². The molecule has 3 N–H and O–H groups in total. The zero-order chi connectivity index (χ0) is 24.3. The molecule has 5 nitrogen and oxygen atoms in total. The van der Waals surface area contributed by atoms with Gasteiger partial charge in [0.05, 0.1) is 18.8 Å². The number of alkyl halides is 3. The maximum Gasteiger partial charge on any atom is 0.416 e. The topological polar surface area (TPSA) is 82.4 Å². The molecule has 2 aromatic rings. The van der Waals surface area contributed by atoms with Crippen molar-refractivity contribution < 1.29 is 27.8 Å². The van der Waals surface area contributed by atoms with Gasteiger partial charge in [0.2, 0.25) is 5.91 Å². The standard InChI is InChI=1S/C26H27F3N2O3/c27-26(28,29)20-7-9-22-17(5-2-10-34-24(22)14-20)13-25(33)31-21-8-6-16-3-1-4-18(23(30)15-32)11-19(16)12-21/h6-9,12-14,18,30,32H,1-5,10-11,15H2,(H,31,33)/b17-13+,30-23?. The molecule has 2 aromatic carbocycles. The molecule has 1 atom stereocenters. The summed E-state index contributed by atoms with van der Waals surface area (Å²) >= 11 is 0. The highest BCUT2D eigenvalue weighted by Gasteiger charge is 2.32. The van der Waals surface area contributed by atoms with Gasteiger partial charge in [0.1, 0.15) is 5.75 Å². The SMILES string of the molecule is N=C(CO)C1CCCc2ccc(NC(=O)/C=C3\CCCOc4cc(C(F)(F)F)ccc43)cc2C1. The second-order valence-corrected chi connectivity index (χ2v) is 8.78. The Morgan fingerprint density at radius 2 is 1.97 bits per heavy atom. The van der Waals surface area contributed by atoms with Crippen LogP contribution in [0.15, 0.2) is 42.5 Å². The molecule has 1 heterocycles. The van der Waals surface area contributed by atoms with Crippen molar-refractivity contribution in [3.8, 4) is 5.75 Å². The first-order chi connectivity index (χ1) is 16.2. The van der Waals surface area contributed by atoms with Gasteiger partial charge in [0, 0.05) is 29.0 Å². The minimum Gasteiger partial charge on any atom is -0.493 e. The number of aliphatic hydroxyl groups is 1. The lowest BCUT2D eigenvalue weighted by molar-refractivity contribution is -0.137. The number of amides is 1. The lowest BCUT2D eigenvalue weighted by Crippen LogP contribution is -2.19. The maximum atomic E-state index is 13.1. The van der Waals surface area contributed by atoms with E-state index in [1.165, 1.54) is 17.7 Å². The Balaban J connectivity index is 1.54. The summed E-state index contributed by atoms with van der Waals surface area (Å²) in [6.45, 7) is 0.0295. The van der Waals surface area contributed by atoms with Crippen LogP contribution < -0.4 is 10.1 Å². The van der Waals surface area contributed by atoms with Crippen molar-refractivity contribution in [2.45, 2.75) is 44.7 Å². The van der Waals surface area contributed by atoms with Crippen molar-refractivity contribution in [2.24, 2.45) is 5.92 Å². The van der Waals surface area contributed by atoms with E-state index < -0.39 is 11.7 Å². The third-order valence-corrected chi connectivity index (χ3v) is 6.41. The number of halogens is 3. The number of hydrogen-bond donors (Lipinski definition) is 3. The number of rotatable bonds is 4. The van der Waals surface area contributed by atoms with E-state index >= 15 is 0 Å². The highest BCUT2D eigenvalue weighted by molar-refractivity contribution is 6.04. The molecule has 0 spiro atoms. The highest BCUT2D eigenvalue weighted by atomic mass is 19.4. The summed E-state index contributed by atoms with van der Waals surface area (Å²) in [5.41, 5.74) is 3.52. The Labute approximate surface area is 196 Å². The summed E-state index contributed by atoms with van der Waals surface area (Å²) in [7, 11) is 0. The van der Waals surface area contributed by atoms with E-state index in [4.69, 9.17) is 10.1 Å². The summed E-state index contributed by atoms with van der Waals surface area (Å²) in [6.07, 6.45) is 1.38. The molecular weight excluding hydrogens is 445 g/mol. The second-order valence-electron chi connectivity index (χ2n) is 8.78. The van der Waals surface area contributed by atoms with Crippen LogP contribution in [0, 0.1) is 11.3 Å². The molecule has 0 bridgehead atoms. The van der Waals surface area contributed by atoms with Gasteiger partial charge < -0.3 is 20.6 Å². The molecule has 0 fully saturated rings. The Kier molecular flexibility index (Phi) is 7.07. The number of anilines is 1. The van der Waals surface area contributed by atoms with Crippen LogP contribution in [-0.2, 0) is 23.8 Å². The van der Waals surface area contributed by atoms with Gasteiger partial charge in [-0.15, -0.1) is 0 Å². The number of carbonyl (C=O) groups is 1. The third kappa shape index (κ3) is 5.50. The Morgan fingerprint density at radius 1 is 1.15 bits per heavy atom. The number of ether oxygens (including phenoxy) is 1. The Bertz CT molecular complexity index is 1120. The van der Waals surface area contributed by atoms with Crippen molar-refractivity contribution in [3.05, 3.63) is 64.7 Å². The van der Waals surface area contributed by atoms with Crippen LogP contribution in [0.25, 0.3) is 5.57 Å². The molecular formula is C26H27F3N2O3.